The smallest absolute Gasteiger partial charge is 0.172 e. The van der Waals surface area contributed by atoms with Crippen molar-refractivity contribution in [3.8, 4) is 0 Å². The van der Waals surface area contributed by atoms with Crippen molar-refractivity contribution in [3.05, 3.63) is 139 Å². The highest BCUT2D eigenvalue weighted by Crippen LogP contribution is 2.39. The van der Waals surface area contributed by atoms with Gasteiger partial charge >= 0.3 is 0 Å². The lowest BCUT2D eigenvalue weighted by Crippen LogP contribution is -2.46. The van der Waals surface area contributed by atoms with Gasteiger partial charge in [-0.3, -0.25) is 0 Å². The van der Waals surface area contributed by atoms with Crippen molar-refractivity contribution in [2.24, 2.45) is 10.2 Å². The van der Waals surface area contributed by atoms with Gasteiger partial charge in [-0.2, -0.15) is 10.2 Å². The Morgan fingerprint density at radius 2 is 0.780 bits per heavy atom. The van der Waals surface area contributed by atoms with Crippen molar-refractivity contribution in [2.45, 2.75) is 22.6 Å². The molecule has 6 rings (SSSR count). The van der Waals surface area contributed by atoms with Crippen LogP contribution in [0.5, 0.6) is 0 Å². The van der Waals surface area contributed by atoms with Gasteiger partial charge in [0, 0.05) is 20.1 Å². The third kappa shape index (κ3) is 5.45. The highest BCUT2D eigenvalue weighted by molar-refractivity contribution is 7.94. The van der Waals surface area contributed by atoms with E-state index in [2.05, 4.69) is 21.1 Å². The van der Waals surface area contributed by atoms with Gasteiger partial charge < -0.3 is 10.9 Å². The molecule has 11 heteroatoms. The van der Waals surface area contributed by atoms with E-state index in [1.807, 2.05) is 0 Å². The molecule has 0 aromatic heterocycles. The van der Waals surface area contributed by atoms with Gasteiger partial charge in [0.05, 0.1) is 23.5 Å². The summed E-state index contributed by atoms with van der Waals surface area (Å²) < 4.78 is 30.2. The number of benzene rings is 4. The molecule has 41 heavy (non-hydrogen) atoms. The first-order chi connectivity index (χ1) is 19.7. The summed E-state index contributed by atoms with van der Waals surface area (Å²) in [6.45, 7) is 0. The quantitative estimate of drug-likeness (QED) is 0.232. The summed E-state index contributed by atoms with van der Waals surface area (Å²) in [5, 5.41) is 9.17. The Morgan fingerprint density at radius 3 is 1.10 bits per heavy atom. The molecule has 0 amide bonds. The van der Waals surface area contributed by atoms with Gasteiger partial charge in [0.1, 0.15) is 10.5 Å². The van der Waals surface area contributed by atoms with E-state index in [0.29, 0.717) is 42.6 Å². The molecule has 0 radical (unpaired) electrons. The molecule has 4 atom stereocenters. The minimum atomic E-state index is -4.09. The van der Waals surface area contributed by atoms with Crippen LogP contribution in [0.25, 0.3) is 0 Å². The third-order valence-corrected chi connectivity index (χ3v) is 10.7. The van der Waals surface area contributed by atoms with Crippen LogP contribution < -0.4 is 10.9 Å². The van der Waals surface area contributed by atoms with Crippen LogP contribution >= 0.6 is 46.4 Å². The number of halogens is 4. The zero-order valence-corrected chi connectivity index (χ0v) is 25.0. The fraction of sp³-hybridized carbons (Fsp3) is 0.133. The maximum atomic E-state index is 15.1. The second-order valence-electron chi connectivity index (χ2n) is 9.75. The standard InChI is InChI=1S/C30H22Cl4N4O2S/c31-21-9-1-17(2-10-21)25-29(26(36-35-25)18-3-11-22(32)12-4-18)41(39,40)30-27(19-5-13-23(33)14-6-19)37-38-28(30)20-7-15-24(34)16-8-20/h1-16,25,27,29-30,35,37H. The van der Waals surface area contributed by atoms with Crippen LogP contribution in [-0.4, -0.2) is 30.3 Å². The SMILES string of the molecule is O=S(=O)(C1C(c2ccc(Cl)cc2)=NNC1c1ccc(Cl)cc1)C1C(c2ccc(Cl)cc2)=NNC1c1ccc(Cl)cc1. The molecule has 0 spiro atoms. The van der Waals surface area contributed by atoms with E-state index in [9.17, 15) is 0 Å². The molecule has 6 nitrogen and oxygen atoms in total. The van der Waals surface area contributed by atoms with E-state index in [-0.39, 0.29) is 0 Å². The largest absolute Gasteiger partial charge is 0.301 e. The number of nitrogens with zero attached hydrogens (tertiary/aromatic N) is 2. The molecule has 0 aliphatic carbocycles. The molecule has 4 aromatic carbocycles. The fourth-order valence-electron chi connectivity index (χ4n) is 5.24. The Bertz CT molecular complexity index is 1620. The number of sulfone groups is 1. The fourth-order valence-corrected chi connectivity index (χ4v) is 8.26. The second kappa shape index (κ2) is 11.3. The number of hydrogen-bond acceptors (Lipinski definition) is 6. The Labute approximate surface area is 257 Å². The van der Waals surface area contributed by atoms with Gasteiger partial charge in [-0.05, 0) is 70.8 Å². The normalized spacial score (nSPS) is 22.0. The van der Waals surface area contributed by atoms with Crippen molar-refractivity contribution in [1.82, 2.24) is 10.9 Å². The minimum absolute atomic E-state index is 0.388. The lowest BCUT2D eigenvalue weighted by molar-refractivity contribution is 0.538. The van der Waals surface area contributed by atoms with Gasteiger partial charge in [-0.1, -0.05) is 94.9 Å². The third-order valence-electron chi connectivity index (χ3n) is 7.24. The molecule has 2 heterocycles. The van der Waals surface area contributed by atoms with Gasteiger partial charge in [0.15, 0.2) is 9.84 Å². The summed E-state index contributed by atoms with van der Waals surface area (Å²) in [6.07, 6.45) is 0. The lowest BCUT2D eigenvalue weighted by Gasteiger charge is -2.28. The topological polar surface area (TPSA) is 82.9 Å². The molecule has 4 unspecified atom stereocenters. The number of hydrogen-bond donors (Lipinski definition) is 2. The summed E-state index contributed by atoms with van der Waals surface area (Å²) in [7, 11) is -4.09. The second-order valence-corrected chi connectivity index (χ2v) is 13.7. The maximum absolute atomic E-state index is 15.1. The summed E-state index contributed by atoms with van der Waals surface area (Å²) >= 11 is 24.6. The monoisotopic (exact) mass is 642 g/mol. The average Bonchev–Trinajstić information content (AvgIpc) is 3.61. The van der Waals surface area contributed by atoms with E-state index in [4.69, 9.17) is 46.4 Å². The molecule has 4 aromatic rings. The van der Waals surface area contributed by atoms with E-state index < -0.39 is 32.4 Å². The van der Waals surface area contributed by atoms with Crippen LogP contribution in [0.3, 0.4) is 0 Å². The zero-order valence-electron chi connectivity index (χ0n) is 21.2. The van der Waals surface area contributed by atoms with Crippen LogP contribution in [0.2, 0.25) is 20.1 Å². The van der Waals surface area contributed by atoms with Crippen molar-refractivity contribution < 1.29 is 8.42 Å². The lowest BCUT2D eigenvalue weighted by atomic mass is 9.98. The van der Waals surface area contributed by atoms with Crippen molar-refractivity contribution in [3.63, 3.8) is 0 Å². The van der Waals surface area contributed by atoms with Gasteiger partial charge in [0.25, 0.3) is 0 Å². The van der Waals surface area contributed by atoms with Crippen LogP contribution in [-0.2, 0) is 9.84 Å². The first kappa shape index (κ1) is 28.1. The number of rotatable bonds is 6. The molecule has 2 aliphatic rings. The maximum Gasteiger partial charge on any atom is 0.172 e. The summed E-state index contributed by atoms with van der Waals surface area (Å²) in [5.74, 6) is 0. The predicted octanol–water partition coefficient (Wildman–Crippen LogP) is 7.25. The molecule has 208 valence electrons. The number of nitrogens with one attached hydrogen (secondary N) is 2. The van der Waals surface area contributed by atoms with Crippen LogP contribution in [0, 0.1) is 0 Å². The van der Waals surface area contributed by atoms with Crippen molar-refractivity contribution in [2.75, 3.05) is 0 Å². The highest BCUT2D eigenvalue weighted by atomic mass is 35.5. The highest BCUT2D eigenvalue weighted by Gasteiger charge is 2.52. The Kier molecular flexibility index (Phi) is 7.74. The minimum Gasteiger partial charge on any atom is -0.301 e. The predicted molar refractivity (Wildman–Crippen MR) is 167 cm³/mol. The molecule has 2 aliphatic heterocycles. The van der Waals surface area contributed by atoms with Crippen LogP contribution in [0.1, 0.15) is 34.3 Å². The average molecular weight is 644 g/mol. The van der Waals surface area contributed by atoms with E-state index >= 15 is 8.42 Å². The van der Waals surface area contributed by atoms with Crippen LogP contribution in [0.15, 0.2) is 107 Å². The molecule has 2 N–H and O–H groups in total. The van der Waals surface area contributed by atoms with Gasteiger partial charge in [-0.25, -0.2) is 8.42 Å². The van der Waals surface area contributed by atoms with Crippen LogP contribution in [0.4, 0.5) is 0 Å². The summed E-state index contributed by atoms with van der Waals surface area (Å²) in [5.41, 5.74) is 9.72. The van der Waals surface area contributed by atoms with E-state index in [1.54, 1.807) is 97.1 Å². The van der Waals surface area contributed by atoms with E-state index in [1.165, 1.54) is 0 Å². The first-order valence-corrected chi connectivity index (χ1v) is 15.8. The molecular weight excluding hydrogens is 622 g/mol. The Morgan fingerprint density at radius 1 is 0.488 bits per heavy atom. The molecule has 0 saturated heterocycles. The first-order valence-electron chi connectivity index (χ1n) is 12.6. The Balaban J connectivity index is 1.51. The van der Waals surface area contributed by atoms with E-state index in [0.717, 1.165) is 11.1 Å². The van der Waals surface area contributed by atoms with Crippen molar-refractivity contribution in [1.29, 1.82) is 0 Å². The molecular formula is C30H22Cl4N4O2S. The number of hydrazone groups is 2. The van der Waals surface area contributed by atoms with Gasteiger partial charge in [0.2, 0.25) is 0 Å². The zero-order chi connectivity index (χ0) is 28.7. The summed E-state index contributed by atoms with van der Waals surface area (Å²) in [6, 6.07) is 26.7. The summed E-state index contributed by atoms with van der Waals surface area (Å²) in [4.78, 5) is 0. The van der Waals surface area contributed by atoms with Crippen molar-refractivity contribution >= 4 is 67.7 Å². The molecule has 0 fully saturated rings. The molecule has 0 saturated carbocycles. The Hall–Kier alpha value is -3.07. The van der Waals surface area contributed by atoms with Gasteiger partial charge in [-0.15, -0.1) is 0 Å². The molecule has 0 bridgehead atoms.